The molecule has 1 aromatic carbocycles. The lowest BCUT2D eigenvalue weighted by molar-refractivity contribution is -0.124. The molecule has 6 heteroatoms. The topological polar surface area (TPSA) is 77.8 Å². The van der Waals surface area contributed by atoms with Crippen LogP contribution in [0.5, 0.6) is 0 Å². The molecule has 124 valence electrons. The molecule has 6 nitrogen and oxygen atoms in total. The van der Waals surface area contributed by atoms with Crippen LogP contribution in [0.1, 0.15) is 36.4 Å². The van der Waals surface area contributed by atoms with Gasteiger partial charge in [0.1, 0.15) is 5.58 Å². The van der Waals surface area contributed by atoms with E-state index in [1.807, 2.05) is 32.0 Å². The number of carbonyl (C=O) groups is 2. The average molecular weight is 319 g/mol. The van der Waals surface area contributed by atoms with Crippen LogP contribution in [0.3, 0.4) is 0 Å². The number of furan rings is 1. The first-order chi connectivity index (χ1) is 11.2. The predicted molar refractivity (Wildman–Crippen MR) is 85.1 cm³/mol. The van der Waals surface area contributed by atoms with Gasteiger partial charge in [-0.1, -0.05) is 25.1 Å². The van der Waals surface area contributed by atoms with Crippen LogP contribution < -0.4 is 5.32 Å². The lowest BCUT2D eigenvalue weighted by Gasteiger charge is -2.06. The van der Waals surface area contributed by atoms with Crippen molar-refractivity contribution in [2.24, 2.45) is 0 Å². The van der Waals surface area contributed by atoms with Gasteiger partial charge in [-0.15, -0.1) is 0 Å². The lowest BCUT2D eigenvalue weighted by Crippen LogP contribution is -2.29. The summed E-state index contributed by atoms with van der Waals surface area (Å²) in [5.41, 5.74) is 1.23. The standard InChI is InChI=1S/C17H21NO5/c1-3-9-18-15(19)11-22-17(20)16-13(10-21-4-2)12-7-5-6-8-14(12)23-16/h5-8H,3-4,9-11H2,1-2H3,(H,18,19). The number of carbonyl (C=O) groups excluding carboxylic acids is 2. The van der Waals surface area contributed by atoms with E-state index in [-0.39, 0.29) is 24.9 Å². The normalized spacial score (nSPS) is 10.7. The number of amides is 1. The van der Waals surface area contributed by atoms with Gasteiger partial charge in [-0.2, -0.15) is 0 Å². The minimum Gasteiger partial charge on any atom is -0.450 e. The molecule has 1 heterocycles. The van der Waals surface area contributed by atoms with Crippen molar-refractivity contribution in [3.05, 3.63) is 35.6 Å². The zero-order valence-electron chi connectivity index (χ0n) is 13.4. The zero-order valence-corrected chi connectivity index (χ0v) is 13.4. The highest BCUT2D eigenvalue weighted by atomic mass is 16.5. The molecule has 0 radical (unpaired) electrons. The Morgan fingerprint density at radius 3 is 2.74 bits per heavy atom. The smallest absolute Gasteiger partial charge is 0.375 e. The maximum Gasteiger partial charge on any atom is 0.375 e. The van der Waals surface area contributed by atoms with Gasteiger partial charge in [0.05, 0.1) is 6.61 Å². The van der Waals surface area contributed by atoms with E-state index >= 15 is 0 Å². The Labute approximate surface area is 134 Å². The summed E-state index contributed by atoms with van der Waals surface area (Å²) in [7, 11) is 0. The summed E-state index contributed by atoms with van der Waals surface area (Å²) in [6, 6.07) is 7.32. The van der Waals surface area contributed by atoms with E-state index in [1.165, 1.54) is 0 Å². The molecule has 0 bridgehead atoms. The molecule has 1 amide bonds. The Bertz CT molecular complexity index is 677. The van der Waals surface area contributed by atoms with Gasteiger partial charge in [-0.05, 0) is 19.4 Å². The second-order valence-corrected chi connectivity index (χ2v) is 4.97. The summed E-state index contributed by atoms with van der Waals surface area (Å²) in [5.74, 6) is -0.909. The maximum atomic E-state index is 12.2. The molecule has 1 N–H and O–H groups in total. The minimum absolute atomic E-state index is 0.0861. The highest BCUT2D eigenvalue weighted by Gasteiger charge is 2.22. The van der Waals surface area contributed by atoms with Crippen LogP contribution in [0, 0.1) is 0 Å². The Kier molecular flexibility index (Phi) is 6.17. The highest BCUT2D eigenvalue weighted by Crippen LogP contribution is 2.27. The highest BCUT2D eigenvalue weighted by molar-refractivity contribution is 5.96. The van der Waals surface area contributed by atoms with E-state index in [2.05, 4.69) is 5.32 Å². The zero-order chi connectivity index (χ0) is 16.7. The number of esters is 1. The van der Waals surface area contributed by atoms with Crippen LogP contribution in [-0.4, -0.2) is 31.6 Å². The second-order valence-electron chi connectivity index (χ2n) is 4.97. The fraction of sp³-hybridized carbons (Fsp3) is 0.412. The fourth-order valence-corrected chi connectivity index (χ4v) is 2.12. The monoisotopic (exact) mass is 319 g/mol. The molecule has 0 fully saturated rings. The van der Waals surface area contributed by atoms with Crippen LogP contribution in [-0.2, 0) is 20.9 Å². The van der Waals surface area contributed by atoms with E-state index in [4.69, 9.17) is 13.9 Å². The number of nitrogens with one attached hydrogen (secondary N) is 1. The lowest BCUT2D eigenvalue weighted by atomic mass is 10.1. The molecule has 0 aliphatic rings. The molecule has 0 spiro atoms. The van der Waals surface area contributed by atoms with E-state index in [9.17, 15) is 9.59 Å². The van der Waals surface area contributed by atoms with Crippen molar-refractivity contribution >= 4 is 22.8 Å². The number of para-hydroxylation sites is 1. The number of hydrogen-bond acceptors (Lipinski definition) is 5. The van der Waals surface area contributed by atoms with Gasteiger partial charge in [-0.25, -0.2) is 4.79 Å². The molecule has 23 heavy (non-hydrogen) atoms. The number of benzene rings is 1. The largest absolute Gasteiger partial charge is 0.450 e. The van der Waals surface area contributed by atoms with Crippen LogP contribution in [0.15, 0.2) is 28.7 Å². The van der Waals surface area contributed by atoms with Gasteiger partial charge < -0.3 is 19.2 Å². The molecule has 0 aliphatic heterocycles. The first kappa shape index (κ1) is 17.0. The Morgan fingerprint density at radius 2 is 2.00 bits per heavy atom. The molecule has 0 atom stereocenters. The van der Waals surface area contributed by atoms with Crippen LogP contribution in [0.2, 0.25) is 0 Å². The summed E-state index contributed by atoms with van der Waals surface area (Å²) in [5, 5.41) is 3.45. The molecule has 2 rings (SSSR count). The van der Waals surface area contributed by atoms with E-state index in [1.54, 1.807) is 6.07 Å². The molecule has 2 aromatic rings. The summed E-state index contributed by atoms with van der Waals surface area (Å²) < 4.78 is 16.0. The van der Waals surface area contributed by atoms with Gasteiger partial charge in [0.15, 0.2) is 6.61 Å². The molecule has 1 aromatic heterocycles. The van der Waals surface area contributed by atoms with Gasteiger partial charge >= 0.3 is 5.97 Å². The molecule has 0 saturated carbocycles. The predicted octanol–water partition coefficient (Wildman–Crippen LogP) is 2.65. The van der Waals surface area contributed by atoms with E-state index < -0.39 is 5.97 Å². The van der Waals surface area contributed by atoms with Crippen LogP contribution >= 0.6 is 0 Å². The van der Waals surface area contributed by atoms with Crippen molar-refractivity contribution in [2.45, 2.75) is 26.9 Å². The number of fused-ring (bicyclic) bond motifs is 1. The van der Waals surface area contributed by atoms with Crippen molar-refractivity contribution in [1.29, 1.82) is 0 Å². The molecule has 0 unspecified atom stereocenters. The van der Waals surface area contributed by atoms with Crippen molar-refractivity contribution < 1.29 is 23.5 Å². The summed E-state index contributed by atoms with van der Waals surface area (Å²) in [4.78, 5) is 23.7. The van der Waals surface area contributed by atoms with Gasteiger partial charge in [0.2, 0.25) is 5.76 Å². The third kappa shape index (κ3) is 4.32. The number of hydrogen-bond donors (Lipinski definition) is 1. The van der Waals surface area contributed by atoms with Crippen molar-refractivity contribution in [1.82, 2.24) is 5.32 Å². The van der Waals surface area contributed by atoms with Crippen LogP contribution in [0.25, 0.3) is 11.0 Å². The summed E-state index contributed by atoms with van der Waals surface area (Å²) >= 11 is 0. The quantitative estimate of drug-likeness (QED) is 0.757. The molecule has 0 saturated heterocycles. The minimum atomic E-state index is -0.664. The Morgan fingerprint density at radius 1 is 1.22 bits per heavy atom. The van der Waals surface area contributed by atoms with Crippen LogP contribution in [0.4, 0.5) is 0 Å². The van der Waals surface area contributed by atoms with Gasteiger partial charge in [-0.3, -0.25) is 4.79 Å². The second kappa shape index (κ2) is 8.33. The van der Waals surface area contributed by atoms with Crippen molar-refractivity contribution in [3.8, 4) is 0 Å². The SMILES string of the molecule is CCCNC(=O)COC(=O)c1oc2ccccc2c1COCC. The Hall–Kier alpha value is -2.34. The third-order valence-corrected chi connectivity index (χ3v) is 3.24. The first-order valence-corrected chi connectivity index (χ1v) is 7.69. The van der Waals surface area contributed by atoms with Crippen molar-refractivity contribution in [3.63, 3.8) is 0 Å². The molecular weight excluding hydrogens is 298 g/mol. The summed E-state index contributed by atoms with van der Waals surface area (Å²) in [6.07, 6.45) is 0.821. The van der Waals surface area contributed by atoms with E-state index in [0.29, 0.717) is 24.3 Å². The number of rotatable bonds is 8. The molecule has 0 aliphatic carbocycles. The van der Waals surface area contributed by atoms with Gasteiger partial charge in [0.25, 0.3) is 5.91 Å². The Balaban J connectivity index is 2.14. The maximum absolute atomic E-state index is 12.2. The third-order valence-electron chi connectivity index (χ3n) is 3.24. The average Bonchev–Trinajstić information content (AvgIpc) is 2.94. The van der Waals surface area contributed by atoms with Gasteiger partial charge in [0, 0.05) is 24.1 Å². The van der Waals surface area contributed by atoms with E-state index in [0.717, 1.165) is 11.8 Å². The number of ether oxygens (including phenoxy) is 2. The summed E-state index contributed by atoms with van der Waals surface area (Å²) in [6.45, 7) is 4.81. The first-order valence-electron chi connectivity index (χ1n) is 7.69. The van der Waals surface area contributed by atoms with Crippen molar-refractivity contribution in [2.75, 3.05) is 19.8 Å². The fourth-order valence-electron chi connectivity index (χ4n) is 2.12. The molecular formula is C17H21NO5.